The molecule has 366 valence electrons. The number of methoxy groups -OCH3 is 8. The largest absolute Gasteiger partial charge is 0.497 e. The molecule has 70 heavy (non-hydrogen) atoms. The van der Waals surface area contributed by atoms with E-state index in [4.69, 9.17) is 66.3 Å². The third-order valence-corrected chi connectivity index (χ3v) is 10.8. The van der Waals surface area contributed by atoms with Crippen LogP contribution < -0.4 is 66.3 Å². The lowest BCUT2D eigenvalue weighted by Crippen LogP contribution is -2.04. The lowest BCUT2D eigenvalue weighted by Gasteiger charge is -2.17. The molecule has 7 rings (SSSR count). The summed E-state index contributed by atoms with van der Waals surface area (Å²) in [4.78, 5) is 0. The van der Waals surface area contributed by atoms with E-state index in [0.717, 1.165) is 33.4 Å². The predicted molar refractivity (Wildman–Crippen MR) is 264 cm³/mol. The molecule has 0 bridgehead atoms. The van der Waals surface area contributed by atoms with Gasteiger partial charge in [-0.1, -0.05) is 12.1 Å². The van der Waals surface area contributed by atoms with Gasteiger partial charge in [-0.3, -0.25) is 0 Å². The van der Waals surface area contributed by atoms with Gasteiger partial charge in [0.1, 0.15) is 109 Å². The predicted octanol–water partition coefficient (Wildman–Crippen LogP) is 11.2. The standard InChI is InChI=1S/C56H58O14/c1-57-43-13-37(14-44(25-43)58-2)31-65-51-21-41(22-52(29-51)66-32-38-15-45(59-3)26-46(16-38)60-4)35-69-55-11-9-10-12-56(55)70-36-42-23-53(67-33-39-17-47(61-5)27-48(18-39)62-6)30-54(24-42)68-34-40-19-49(63-7)28-50(20-40)64-8/h9-30H,31-36H2,1-8H3. The maximum Gasteiger partial charge on any atom is 0.161 e. The average molecular weight is 955 g/mol. The molecule has 7 aromatic carbocycles. The van der Waals surface area contributed by atoms with Crippen molar-refractivity contribution in [1.82, 2.24) is 0 Å². The van der Waals surface area contributed by atoms with E-state index in [1.165, 1.54) is 0 Å². The first kappa shape index (κ1) is 49.6. The van der Waals surface area contributed by atoms with Crippen LogP contribution in [-0.4, -0.2) is 56.9 Å². The van der Waals surface area contributed by atoms with Gasteiger partial charge >= 0.3 is 0 Å². The molecular weight excluding hydrogens is 897 g/mol. The fraction of sp³-hybridized carbons (Fsp3) is 0.250. The van der Waals surface area contributed by atoms with Crippen molar-refractivity contribution >= 4 is 0 Å². The Bertz CT molecular complexity index is 2370. The molecule has 0 atom stereocenters. The minimum Gasteiger partial charge on any atom is -0.497 e. The molecule has 0 saturated carbocycles. The fourth-order valence-corrected chi connectivity index (χ4v) is 7.24. The molecule has 0 amide bonds. The molecule has 14 nitrogen and oxygen atoms in total. The monoisotopic (exact) mass is 954 g/mol. The van der Waals surface area contributed by atoms with Crippen molar-refractivity contribution in [2.45, 2.75) is 39.6 Å². The van der Waals surface area contributed by atoms with Gasteiger partial charge in [-0.2, -0.15) is 0 Å². The molecule has 0 aliphatic rings. The lowest BCUT2D eigenvalue weighted by molar-refractivity contribution is 0.251. The Balaban J connectivity index is 1.10. The molecule has 0 radical (unpaired) electrons. The van der Waals surface area contributed by atoms with E-state index in [-0.39, 0.29) is 39.6 Å². The van der Waals surface area contributed by atoms with Crippen LogP contribution in [0.4, 0.5) is 0 Å². The summed E-state index contributed by atoms with van der Waals surface area (Å²) in [5, 5.41) is 0. The number of rotatable bonds is 26. The highest BCUT2D eigenvalue weighted by molar-refractivity contribution is 5.46. The Kier molecular flexibility index (Phi) is 17.5. The van der Waals surface area contributed by atoms with Gasteiger partial charge in [0.05, 0.1) is 56.9 Å². The summed E-state index contributed by atoms with van der Waals surface area (Å²) in [6.07, 6.45) is 0. The summed E-state index contributed by atoms with van der Waals surface area (Å²) in [6, 6.07) is 41.3. The van der Waals surface area contributed by atoms with Crippen molar-refractivity contribution in [3.8, 4) is 80.5 Å². The van der Waals surface area contributed by atoms with E-state index < -0.39 is 0 Å². The maximum absolute atomic E-state index is 6.47. The zero-order valence-corrected chi connectivity index (χ0v) is 40.7. The molecule has 0 aliphatic carbocycles. The van der Waals surface area contributed by atoms with Crippen LogP contribution in [0.1, 0.15) is 33.4 Å². The number of para-hydroxylation sites is 2. The quantitative estimate of drug-likeness (QED) is 0.0510. The van der Waals surface area contributed by atoms with E-state index >= 15 is 0 Å². The molecule has 7 aromatic rings. The third-order valence-electron chi connectivity index (χ3n) is 10.8. The minimum absolute atomic E-state index is 0.166. The Morgan fingerprint density at radius 2 is 0.386 bits per heavy atom. The molecule has 0 heterocycles. The van der Waals surface area contributed by atoms with Gasteiger partial charge in [0, 0.05) is 36.4 Å². The first-order chi connectivity index (χ1) is 34.2. The molecule has 0 unspecified atom stereocenters. The van der Waals surface area contributed by atoms with Gasteiger partial charge in [-0.15, -0.1) is 0 Å². The Morgan fingerprint density at radius 3 is 0.586 bits per heavy atom. The van der Waals surface area contributed by atoms with E-state index in [9.17, 15) is 0 Å². The summed E-state index contributed by atoms with van der Waals surface area (Å²) < 4.78 is 82.2. The van der Waals surface area contributed by atoms with E-state index in [1.807, 2.05) is 133 Å². The van der Waals surface area contributed by atoms with Crippen LogP contribution in [0.3, 0.4) is 0 Å². The van der Waals surface area contributed by atoms with E-state index in [0.29, 0.717) is 80.5 Å². The summed E-state index contributed by atoms with van der Waals surface area (Å²) >= 11 is 0. The number of ether oxygens (including phenoxy) is 14. The summed E-state index contributed by atoms with van der Waals surface area (Å²) in [6.45, 7) is 1.30. The smallest absolute Gasteiger partial charge is 0.161 e. The first-order valence-corrected chi connectivity index (χ1v) is 22.2. The Hall–Kier alpha value is -8.26. The molecular formula is C56H58O14. The molecule has 0 aromatic heterocycles. The van der Waals surface area contributed by atoms with Gasteiger partial charge in [-0.25, -0.2) is 0 Å². The summed E-state index contributed by atoms with van der Waals surface area (Å²) in [7, 11) is 12.9. The normalized spacial score (nSPS) is 10.6. The van der Waals surface area contributed by atoms with Crippen LogP contribution >= 0.6 is 0 Å². The van der Waals surface area contributed by atoms with Crippen LogP contribution in [0, 0.1) is 0 Å². The highest BCUT2D eigenvalue weighted by atomic mass is 16.5. The molecule has 0 saturated heterocycles. The Labute approximate surface area is 408 Å². The van der Waals surface area contributed by atoms with Crippen LogP contribution in [0.2, 0.25) is 0 Å². The molecule has 0 spiro atoms. The second-order valence-corrected chi connectivity index (χ2v) is 15.7. The molecule has 0 fully saturated rings. The second-order valence-electron chi connectivity index (χ2n) is 15.7. The van der Waals surface area contributed by atoms with Gasteiger partial charge in [0.15, 0.2) is 11.5 Å². The van der Waals surface area contributed by atoms with Gasteiger partial charge in [0.25, 0.3) is 0 Å². The number of hydrogen-bond donors (Lipinski definition) is 0. The lowest BCUT2D eigenvalue weighted by atomic mass is 10.2. The van der Waals surface area contributed by atoms with Gasteiger partial charge in [0.2, 0.25) is 0 Å². The maximum atomic E-state index is 6.47. The highest BCUT2D eigenvalue weighted by Gasteiger charge is 2.14. The van der Waals surface area contributed by atoms with Crippen LogP contribution in [0.25, 0.3) is 0 Å². The van der Waals surface area contributed by atoms with Crippen molar-refractivity contribution in [2.75, 3.05) is 56.9 Å². The second kappa shape index (κ2) is 24.7. The van der Waals surface area contributed by atoms with Crippen molar-refractivity contribution in [2.24, 2.45) is 0 Å². The van der Waals surface area contributed by atoms with Crippen molar-refractivity contribution < 1.29 is 66.3 Å². The number of benzene rings is 7. The van der Waals surface area contributed by atoms with Gasteiger partial charge in [-0.05, 0) is 118 Å². The third kappa shape index (κ3) is 14.1. The zero-order chi connectivity index (χ0) is 49.2. The van der Waals surface area contributed by atoms with E-state index in [1.54, 1.807) is 56.9 Å². The Morgan fingerprint density at radius 1 is 0.214 bits per heavy atom. The highest BCUT2D eigenvalue weighted by Crippen LogP contribution is 2.34. The summed E-state index contributed by atoms with van der Waals surface area (Å²) in [5.41, 5.74) is 5.04. The SMILES string of the molecule is COc1cc(COc2cc(COc3ccccc3OCc3cc(OCc4cc(OC)cc(OC)c4)cc(OCc4cc(OC)cc(OC)c4)c3)cc(OCc3cc(OC)cc(OC)c3)c2)cc(OC)c1. The molecule has 0 aliphatic heterocycles. The van der Waals surface area contributed by atoms with Crippen molar-refractivity contribution in [3.05, 3.63) is 167 Å². The fourth-order valence-electron chi connectivity index (χ4n) is 7.24. The van der Waals surface area contributed by atoms with Crippen LogP contribution in [-0.2, 0) is 39.6 Å². The van der Waals surface area contributed by atoms with E-state index in [2.05, 4.69) is 0 Å². The van der Waals surface area contributed by atoms with Gasteiger partial charge < -0.3 is 66.3 Å². The average Bonchev–Trinajstić information content (AvgIpc) is 3.41. The molecule has 0 N–H and O–H groups in total. The van der Waals surface area contributed by atoms with Crippen molar-refractivity contribution in [1.29, 1.82) is 0 Å². The topological polar surface area (TPSA) is 129 Å². The van der Waals surface area contributed by atoms with Crippen molar-refractivity contribution in [3.63, 3.8) is 0 Å². The van der Waals surface area contributed by atoms with Crippen LogP contribution in [0.5, 0.6) is 80.5 Å². The number of hydrogen-bond acceptors (Lipinski definition) is 14. The van der Waals surface area contributed by atoms with Crippen LogP contribution in [0.15, 0.2) is 133 Å². The molecule has 14 heteroatoms. The minimum atomic E-state index is 0.166. The first-order valence-electron chi connectivity index (χ1n) is 22.2. The summed E-state index contributed by atoms with van der Waals surface area (Å²) in [5.74, 6) is 8.61. The zero-order valence-electron chi connectivity index (χ0n) is 40.7.